The number of benzene rings is 2. The number of rotatable bonds is 4. The van der Waals surface area contributed by atoms with Crippen molar-refractivity contribution in [3.63, 3.8) is 0 Å². The Kier molecular flexibility index (Phi) is 6.09. The summed E-state index contributed by atoms with van der Waals surface area (Å²) in [7, 11) is 0. The van der Waals surface area contributed by atoms with Gasteiger partial charge in [0.05, 0.1) is 16.8 Å². The zero-order valence-corrected chi connectivity index (χ0v) is 16.2. The van der Waals surface area contributed by atoms with Crippen molar-refractivity contribution in [2.45, 2.75) is 32.7 Å². The first-order valence-corrected chi connectivity index (χ1v) is 9.59. The third-order valence-corrected chi connectivity index (χ3v) is 5.35. The molecule has 6 heteroatoms. The number of carbonyl (C=O) groups is 2. The molecule has 1 aliphatic heterocycles. The minimum absolute atomic E-state index is 0.0216. The number of halogens is 1. The molecule has 2 atom stereocenters. The van der Waals surface area contributed by atoms with E-state index in [1.165, 1.54) is 18.2 Å². The summed E-state index contributed by atoms with van der Waals surface area (Å²) in [4.78, 5) is 27.6. The number of para-hydroxylation sites is 1. The number of nitrogens with one attached hydrogen (secondary N) is 1. The van der Waals surface area contributed by atoms with E-state index >= 15 is 0 Å². The highest BCUT2D eigenvalue weighted by Gasteiger charge is 2.28. The number of hydrogen-bond donors (Lipinski definition) is 2. The van der Waals surface area contributed by atoms with Crippen LogP contribution in [0.5, 0.6) is 0 Å². The van der Waals surface area contributed by atoms with Crippen LogP contribution in [-0.2, 0) is 0 Å². The zero-order valence-electron chi connectivity index (χ0n) is 16.2. The summed E-state index contributed by atoms with van der Waals surface area (Å²) in [6, 6.07) is 11.1. The molecule has 5 nitrogen and oxygen atoms in total. The number of amides is 2. The van der Waals surface area contributed by atoms with Gasteiger partial charge in [-0.05, 0) is 56.4 Å². The van der Waals surface area contributed by atoms with Crippen molar-refractivity contribution in [2.24, 2.45) is 11.7 Å². The molecule has 2 aromatic rings. The highest BCUT2D eigenvalue weighted by molar-refractivity contribution is 6.09. The van der Waals surface area contributed by atoms with Crippen LogP contribution in [0.1, 0.15) is 46.0 Å². The minimum atomic E-state index is -0.600. The summed E-state index contributed by atoms with van der Waals surface area (Å²) < 4.78 is 14.0. The Labute approximate surface area is 164 Å². The molecule has 1 heterocycles. The van der Waals surface area contributed by atoms with Crippen LogP contribution in [0.15, 0.2) is 42.5 Å². The predicted octanol–water partition coefficient (Wildman–Crippen LogP) is 3.59. The molecule has 0 aliphatic carbocycles. The summed E-state index contributed by atoms with van der Waals surface area (Å²) >= 11 is 0. The number of anilines is 1. The second-order valence-corrected chi connectivity index (χ2v) is 7.44. The monoisotopic (exact) mass is 383 g/mol. The Morgan fingerprint density at radius 1 is 1.18 bits per heavy atom. The third-order valence-electron chi connectivity index (χ3n) is 5.35. The van der Waals surface area contributed by atoms with Gasteiger partial charge in [-0.25, -0.2) is 4.39 Å². The topological polar surface area (TPSA) is 75.4 Å². The lowest BCUT2D eigenvalue weighted by Gasteiger charge is -2.35. The van der Waals surface area contributed by atoms with E-state index in [1.807, 2.05) is 19.9 Å². The molecule has 2 unspecified atom stereocenters. The molecular weight excluding hydrogens is 357 g/mol. The predicted molar refractivity (Wildman–Crippen MR) is 108 cm³/mol. The van der Waals surface area contributed by atoms with Gasteiger partial charge in [0.2, 0.25) is 0 Å². The second-order valence-electron chi connectivity index (χ2n) is 7.44. The molecule has 0 saturated carbocycles. The molecule has 28 heavy (non-hydrogen) atoms. The van der Waals surface area contributed by atoms with E-state index in [1.54, 1.807) is 23.1 Å². The standard InChI is InChI=1S/C22H26FN3O2/c1-14-7-5-10-18(22(28)26-12-6-8-16(13-26)15(2)24)20(14)25-21(27)17-9-3-4-11-19(17)23/h3-5,7,9-11,15-16H,6,8,12-13,24H2,1-2H3,(H,25,27). The van der Waals surface area contributed by atoms with Crippen LogP contribution >= 0.6 is 0 Å². The van der Waals surface area contributed by atoms with Crippen molar-refractivity contribution < 1.29 is 14.0 Å². The molecule has 0 bridgehead atoms. The van der Waals surface area contributed by atoms with Gasteiger partial charge < -0.3 is 16.0 Å². The van der Waals surface area contributed by atoms with Gasteiger partial charge in [-0.15, -0.1) is 0 Å². The molecule has 148 valence electrons. The van der Waals surface area contributed by atoms with Gasteiger partial charge in [-0.2, -0.15) is 0 Å². The van der Waals surface area contributed by atoms with Gasteiger partial charge in [0, 0.05) is 19.1 Å². The maximum atomic E-state index is 14.0. The van der Waals surface area contributed by atoms with Crippen LogP contribution in [0.4, 0.5) is 10.1 Å². The van der Waals surface area contributed by atoms with E-state index in [2.05, 4.69) is 5.32 Å². The zero-order chi connectivity index (χ0) is 20.3. The molecule has 3 rings (SSSR count). The number of nitrogens with zero attached hydrogens (tertiary/aromatic N) is 1. The van der Waals surface area contributed by atoms with E-state index in [0.29, 0.717) is 24.3 Å². The largest absolute Gasteiger partial charge is 0.338 e. The van der Waals surface area contributed by atoms with Crippen LogP contribution in [0, 0.1) is 18.7 Å². The fraction of sp³-hybridized carbons (Fsp3) is 0.364. The van der Waals surface area contributed by atoms with Crippen molar-refractivity contribution in [3.8, 4) is 0 Å². The van der Waals surface area contributed by atoms with Crippen molar-refractivity contribution in [1.29, 1.82) is 0 Å². The summed E-state index contributed by atoms with van der Waals surface area (Å²) in [5, 5.41) is 2.74. The lowest BCUT2D eigenvalue weighted by molar-refractivity contribution is 0.0662. The molecule has 0 aromatic heterocycles. The van der Waals surface area contributed by atoms with Gasteiger partial charge in [0.1, 0.15) is 5.82 Å². The minimum Gasteiger partial charge on any atom is -0.338 e. The quantitative estimate of drug-likeness (QED) is 0.847. The first kappa shape index (κ1) is 20.0. The normalized spacial score (nSPS) is 17.9. The van der Waals surface area contributed by atoms with Gasteiger partial charge in [0.15, 0.2) is 0 Å². The molecule has 0 radical (unpaired) electrons. The van der Waals surface area contributed by atoms with Gasteiger partial charge >= 0.3 is 0 Å². The molecule has 1 saturated heterocycles. The number of hydrogen-bond acceptors (Lipinski definition) is 3. The van der Waals surface area contributed by atoms with Crippen LogP contribution in [-0.4, -0.2) is 35.8 Å². The Morgan fingerprint density at radius 3 is 2.61 bits per heavy atom. The van der Waals surface area contributed by atoms with Crippen molar-refractivity contribution in [1.82, 2.24) is 4.90 Å². The number of nitrogens with two attached hydrogens (primary N) is 1. The smallest absolute Gasteiger partial charge is 0.258 e. The van der Waals surface area contributed by atoms with E-state index in [-0.39, 0.29) is 23.4 Å². The van der Waals surface area contributed by atoms with Crippen molar-refractivity contribution in [3.05, 3.63) is 65.0 Å². The van der Waals surface area contributed by atoms with E-state index < -0.39 is 11.7 Å². The molecule has 3 N–H and O–H groups in total. The third kappa shape index (κ3) is 4.22. The summed E-state index contributed by atoms with van der Waals surface area (Å²) in [6.07, 6.45) is 1.91. The van der Waals surface area contributed by atoms with Crippen LogP contribution in [0.3, 0.4) is 0 Å². The molecular formula is C22H26FN3O2. The lowest BCUT2D eigenvalue weighted by Crippen LogP contribution is -2.45. The number of likely N-dealkylation sites (tertiary alicyclic amines) is 1. The molecule has 1 aliphatic rings. The molecule has 2 amide bonds. The molecule has 0 spiro atoms. The van der Waals surface area contributed by atoms with Crippen LogP contribution < -0.4 is 11.1 Å². The summed E-state index contributed by atoms with van der Waals surface area (Å²) in [5.74, 6) is -1.05. The van der Waals surface area contributed by atoms with E-state index in [9.17, 15) is 14.0 Å². The SMILES string of the molecule is Cc1cccc(C(=O)N2CCCC(C(C)N)C2)c1NC(=O)c1ccccc1F. The van der Waals surface area contributed by atoms with Crippen molar-refractivity contribution in [2.75, 3.05) is 18.4 Å². The van der Waals surface area contributed by atoms with Crippen LogP contribution in [0.25, 0.3) is 0 Å². The summed E-state index contributed by atoms with van der Waals surface area (Å²) in [6.45, 7) is 5.04. The van der Waals surface area contributed by atoms with Crippen LogP contribution in [0.2, 0.25) is 0 Å². The van der Waals surface area contributed by atoms with E-state index in [0.717, 1.165) is 18.4 Å². The Balaban J connectivity index is 1.87. The first-order valence-electron chi connectivity index (χ1n) is 9.59. The highest BCUT2D eigenvalue weighted by atomic mass is 19.1. The average Bonchev–Trinajstić information content (AvgIpc) is 2.69. The number of aryl methyl sites for hydroxylation is 1. The summed E-state index contributed by atoms with van der Waals surface area (Å²) in [5.41, 5.74) is 7.56. The molecule has 1 fully saturated rings. The van der Waals surface area contributed by atoms with Gasteiger partial charge in [0.25, 0.3) is 11.8 Å². The first-order chi connectivity index (χ1) is 13.4. The Bertz CT molecular complexity index is 882. The second kappa shape index (κ2) is 8.52. The fourth-order valence-corrected chi connectivity index (χ4v) is 3.63. The maximum absolute atomic E-state index is 14.0. The fourth-order valence-electron chi connectivity index (χ4n) is 3.63. The maximum Gasteiger partial charge on any atom is 0.258 e. The number of carbonyl (C=O) groups excluding carboxylic acids is 2. The number of piperidine rings is 1. The lowest BCUT2D eigenvalue weighted by atomic mass is 9.91. The average molecular weight is 383 g/mol. The Morgan fingerprint density at radius 2 is 1.89 bits per heavy atom. The highest BCUT2D eigenvalue weighted by Crippen LogP contribution is 2.26. The van der Waals surface area contributed by atoms with E-state index in [4.69, 9.17) is 5.73 Å². The molecule has 2 aromatic carbocycles. The van der Waals surface area contributed by atoms with Gasteiger partial charge in [-0.3, -0.25) is 9.59 Å². The Hall–Kier alpha value is -2.73. The van der Waals surface area contributed by atoms with Crippen molar-refractivity contribution >= 4 is 17.5 Å². The van der Waals surface area contributed by atoms with Gasteiger partial charge in [-0.1, -0.05) is 24.3 Å².